The lowest BCUT2D eigenvalue weighted by molar-refractivity contribution is 0.564. The molecule has 1 N–H and O–H groups in total. The van der Waals surface area contributed by atoms with Crippen molar-refractivity contribution in [3.63, 3.8) is 0 Å². The molecule has 1 rings (SSSR count). The predicted molar refractivity (Wildman–Crippen MR) is 89.4 cm³/mol. The Hall–Kier alpha value is -1.14. The molecule has 0 heterocycles. The largest absolute Gasteiger partial charge is 0.381 e. The summed E-state index contributed by atoms with van der Waals surface area (Å²) < 4.78 is 0. The summed E-state index contributed by atoms with van der Waals surface area (Å²) in [5.41, 5.74) is 1.80. The van der Waals surface area contributed by atoms with Crippen LogP contribution in [0.5, 0.6) is 0 Å². The van der Waals surface area contributed by atoms with Crippen LogP contribution < -0.4 is 5.32 Å². The topological polar surface area (TPSA) is 35.8 Å². The van der Waals surface area contributed by atoms with Crippen LogP contribution >= 0.6 is 11.8 Å². The van der Waals surface area contributed by atoms with Gasteiger partial charge in [-0.25, -0.2) is 0 Å². The van der Waals surface area contributed by atoms with Gasteiger partial charge < -0.3 is 5.32 Å². The highest BCUT2D eigenvalue weighted by Gasteiger charge is 2.12. The number of unbranched alkanes of at least 4 members (excludes halogenated alkanes) is 1. The molecule has 3 heteroatoms. The van der Waals surface area contributed by atoms with E-state index in [-0.39, 0.29) is 0 Å². The molecule has 0 fully saturated rings. The van der Waals surface area contributed by atoms with Crippen molar-refractivity contribution in [1.29, 1.82) is 5.26 Å². The van der Waals surface area contributed by atoms with Crippen molar-refractivity contribution in [2.45, 2.75) is 63.8 Å². The first-order valence-electron chi connectivity index (χ1n) is 7.69. The van der Waals surface area contributed by atoms with Crippen molar-refractivity contribution in [3.05, 3.63) is 23.8 Å². The number of nitrogens with one attached hydrogen (secondary N) is 1. The molecule has 0 aliphatic carbocycles. The molecular weight excluding hydrogens is 264 g/mol. The molecule has 0 aliphatic heterocycles. The average molecular weight is 290 g/mol. The van der Waals surface area contributed by atoms with Gasteiger partial charge >= 0.3 is 0 Å². The second-order valence-corrected chi connectivity index (χ2v) is 6.30. The zero-order valence-electron chi connectivity index (χ0n) is 12.9. The van der Waals surface area contributed by atoms with E-state index in [9.17, 15) is 5.26 Å². The van der Waals surface area contributed by atoms with Gasteiger partial charge in [0.1, 0.15) is 6.07 Å². The zero-order valence-corrected chi connectivity index (χ0v) is 13.7. The lowest BCUT2D eigenvalue weighted by Gasteiger charge is -2.20. The smallest absolute Gasteiger partial charge is 0.102 e. The number of rotatable bonds is 9. The summed E-state index contributed by atoms with van der Waals surface area (Å²) in [5.74, 6) is 0.992. The third-order valence-corrected chi connectivity index (χ3v) is 4.28. The fourth-order valence-corrected chi connectivity index (χ4v) is 3.14. The molecule has 1 aromatic carbocycles. The highest BCUT2D eigenvalue weighted by molar-refractivity contribution is 7.99. The van der Waals surface area contributed by atoms with Crippen LogP contribution in [-0.2, 0) is 0 Å². The van der Waals surface area contributed by atoms with Gasteiger partial charge in [0.2, 0.25) is 0 Å². The molecule has 0 radical (unpaired) electrons. The van der Waals surface area contributed by atoms with Crippen molar-refractivity contribution >= 4 is 17.4 Å². The van der Waals surface area contributed by atoms with Crippen molar-refractivity contribution in [1.82, 2.24) is 0 Å². The molecule has 0 saturated carbocycles. The SMILES string of the molecule is CCCCC(CCC)Nc1cccc(SCC)c1C#N. The molecule has 20 heavy (non-hydrogen) atoms. The number of benzene rings is 1. The second kappa shape index (κ2) is 9.72. The maximum Gasteiger partial charge on any atom is 0.102 e. The van der Waals surface area contributed by atoms with Gasteiger partial charge in [0.15, 0.2) is 0 Å². The Morgan fingerprint density at radius 2 is 2.00 bits per heavy atom. The fourth-order valence-electron chi connectivity index (χ4n) is 2.35. The molecule has 1 atom stereocenters. The highest BCUT2D eigenvalue weighted by atomic mass is 32.2. The summed E-state index contributed by atoms with van der Waals surface area (Å²) >= 11 is 1.74. The first-order valence-corrected chi connectivity index (χ1v) is 8.67. The molecule has 0 bridgehead atoms. The molecule has 1 unspecified atom stereocenters. The zero-order chi connectivity index (χ0) is 14.8. The van der Waals surface area contributed by atoms with E-state index < -0.39 is 0 Å². The second-order valence-electron chi connectivity index (χ2n) is 5.00. The molecule has 110 valence electrons. The third-order valence-electron chi connectivity index (χ3n) is 3.34. The minimum atomic E-state index is 0.480. The standard InChI is InChI=1S/C17H26N2S/c1-4-7-10-14(9-5-2)19-16-11-8-12-17(20-6-3)15(16)13-18/h8,11-12,14,19H,4-7,9-10H2,1-3H3. The number of anilines is 1. The van der Waals surface area contributed by atoms with Gasteiger partial charge in [-0.2, -0.15) is 5.26 Å². The number of hydrogen-bond donors (Lipinski definition) is 1. The Labute approximate surface area is 128 Å². The molecular formula is C17H26N2S. The van der Waals surface area contributed by atoms with Gasteiger partial charge in [0.05, 0.1) is 11.3 Å². The highest BCUT2D eigenvalue weighted by Crippen LogP contribution is 2.29. The van der Waals surface area contributed by atoms with Crippen molar-refractivity contribution < 1.29 is 0 Å². The van der Waals surface area contributed by atoms with Crippen LogP contribution in [0.15, 0.2) is 23.1 Å². The number of hydrogen-bond acceptors (Lipinski definition) is 3. The Morgan fingerprint density at radius 3 is 2.60 bits per heavy atom. The lowest BCUT2D eigenvalue weighted by Crippen LogP contribution is -2.20. The van der Waals surface area contributed by atoms with E-state index in [4.69, 9.17) is 0 Å². The van der Waals surface area contributed by atoms with Gasteiger partial charge in [0, 0.05) is 10.9 Å². The quantitative estimate of drug-likeness (QED) is 0.615. The van der Waals surface area contributed by atoms with Crippen LogP contribution in [0.3, 0.4) is 0 Å². The van der Waals surface area contributed by atoms with E-state index in [0.717, 1.165) is 28.3 Å². The van der Waals surface area contributed by atoms with E-state index in [1.54, 1.807) is 11.8 Å². The molecule has 0 saturated heterocycles. The summed E-state index contributed by atoms with van der Waals surface area (Å²) in [5, 5.41) is 13.0. The van der Waals surface area contributed by atoms with Gasteiger partial charge in [-0.15, -0.1) is 11.8 Å². The summed E-state index contributed by atoms with van der Waals surface area (Å²) in [6.45, 7) is 6.56. The van der Waals surface area contributed by atoms with Crippen molar-refractivity contribution in [2.75, 3.05) is 11.1 Å². The van der Waals surface area contributed by atoms with Gasteiger partial charge in [-0.3, -0.25) is 0 Å². The normalized spacial score (nSPS) is 11.9. The van der Waals surface area contributed by atoms with Crippen LogP contribution in [0, 0.1) is 11.3 Å². The Morgan fingerprint density at radius 1 is 1.20 bits per heavy atom. The van der Waals surface area contributed by atoms with Crippen LogP contribution in [0.25, 0.3) is 0 Å². The average Bonchev–Trinajstić information content (AvgIpc) is 2.45. The van der Waals surface area contributed by atoms with Crippen LogP contribution in [-0.4, -0.2) is 11.8 Å². The predicted octanol–water partition coefficient (Wildman–Crippen LogP) is 5.44. The summed E-state index contributed by atoms with van der Waals surface area (Å²) in [4.78, 5) is 1.09. The van der Waals surface area contributed by atoms with E-state index >= 15 is 0 Å². The van der Waals surface area contributed by atoms with Crippen molar-refractivity contribution in [3.8, 4) is 6.07 Å². The maximum absolute atomic E-state index is 9.44. The van der Waals surface area contributed by atoms with E-state index in [1.807, 2.05) is 18.2 Å². The molecule has 0 aliphatic rings. The minimum Gasteiger partial charge on any atom is -0.381 e. The first-order chi connectivity index (χ1) is 9.76. The molecule has 1 aromatic rings. The van der Waals surface area contributed by atoms with Crippen LogP contribution in [0.2, 0.25) is 0 Å². The van der Waals surface area contributed by atoms with Gasteiger partial charge in [-0.1, -0.05) is 46.1 Å². The Bertz CT molecular complexity index is 437. The van der Waals surface area contributed by atoms with Crippen LogP contribution in [0.4, 0.5) is 5.69 Å². The number of thioether (sulfide) groups is 1. The molecule has 0 amide bonds. The lowest BCUT2D eigenvalue weighted by atomic mass is 10.0. The summed E-state index contributed by atoms with van der Waals surface area (Å²) in [7, 11) is 0. The van der Waals surface area contributed by atoms with Crippen LogP contribution in [0.1, 0.15) is 58.4 Å². The summed E-state index contributed by atoms with van der Waals surface area (Å²) in [6.07, 6.45) is 5.98. The monoisotopic (exact) mass is 290 g/mol. The van der Waals surface area contributed by atoms with Gasteiger partial charge in [0.25, 0.3) is 0 Å². The van der Waals surface area contributed by atoms with Crippen molar-refractivity contribution in [2.24, 2.45) is 0 Å². The first kappa shape index (κ1) is 16.9. The minimum absolute atomic E-state index is 0.480. The Kier molecular flexibility index (Phi) is 8.22. The number of nitriles is 1. The van der Waals surface area contributed by atoms with E-state index in [1.165, 1.54) is 25.7 Å². The van der Waals surface area contributed by atoms with E-state index in [0.29, 0.717) is 6.04 Å². The van der Waals surface area contributed by atoms with Gasteiger partial charge in [-0.05, 0) is 30.7 Å². The fraction of sp³-hybridized carbons (Fsp3) is 0.588. The maximum atomic E-state index is 9.44. The molecule has 0 spiro atoms. The van der Waals surface area contributed by atoms with E-state index in [2.05, 4.69) is 32.2 Å². The summed E-state index contributed by atoms with van der Waals surface area (Å²) in [6, 6.07) is 8.97. The molecule has 2 nitrogen and oxygen atoms in total. The Balaban J connectivity index is 2.88. The number of nitrogens with zero attached hydrogens (tertiary/aromatic N) is 1. The third kappa shape index (κ3) is 5.09. The molecule has 0 aromatic heterocycles.